The molecule has 3 N–H and O–H groups in total. The minimum atomic E-state index is -0.496. The fourth-order valence-electron chi connectivity index (χ4n) is 2.76. The Bertz CT molecular complexity index is 338. The highest BCUT2D eigenvalue weighted by atomic mass is 16.6. The molecule has 22 heavy (non-hydrogen) atoms. The van der Waals surface area contributed by atoms with Crippen molar-refractivity contribution in [2.45, 2.75) is 70.7 Å². The van der Waals surface area contributed by atoms with E-state index >= 15 is 0 Å². The lowest BCUT2D eigenvalue weighted by Gasteiger charge is -2.35. The van der Waals surface area contributed by atoms with Crippen LogP contribution in [0.5, 0.6) is 0 Å². The number of hydrogen-bond acceptors (Lipinski definition) is 5. The first-order valence-corrected chi connectivity index (χ1v) is 8.24. The van der Waals surface area contributed by atoms with E-state index in [1.807, 2.05) is 34.7 Å². The number of hydrogen-bond donors (Lipinski definition) is 2. The lowest BCUT2D eigenvalue weighted by molar-refractivity contribution is -0.0103. The molecule has 6 heteroatoms. The second kappa shape index (κ2) is 8.70. The highest BCUT2D eigenvalue weighted by Crippen LogP contribution is 2.15. The predicted octanol–water partition coefficient (Wildman–Crippen LogP) is 1.73. The molecule has 1 saturated heterocycles. The van der Waals surface area contributed by atoms with E-state index in [2.05, 4.69) is 10.2 Å². The van der Waals surface area contributed by atoms with Crippen molar-refractivity contribution in [1.82, 2.24) is 10.2 Å². The van der Waals surface area contributed by atoms with E-state index in [1.165, 1.54) is 6.42 Å². The summed E-state index contributed by atoms with van der Waals surface area (Å²) < 4.78 is 11.1. The van der Waals surface area contributed by atoms with E-state index in [1.54, 1.807) is 0 Å². The van der Waals surface area contributed by atoms with Gasteiger partial charge in [-0.05, 0) is 54.0 Å². The minimum Gasteiger partial charge on any atom is -0.444 e. The Balaban J connectivity index is 2.48. The molecule has 0 bridgehead atoms. The van der Waals surface area contributed by atoms with E-state index in [0.29, 0.717) is 6.54 Å². The normalized spacial score (nSPS) is 22.2. The van der Waals surface area contributed by atoms with Crippen LogP contribution in [0.15, 0.2) is 0 Å². The van der Waals surface area contributed by atoms with Crippen molar-refractivity contribution >= 4 is 6.09 Å². The Hall–Kier alpha value is -0.850. The summed E-state index contributed by atoms with van der Waals surface area (Å²) in [5.41, 5.74) is 5.41. The summed E-state index contributed by atoms with van der Waals surface area (Å²) in [5.74, 6) is 0. The van der Waals surface area contributed by atoms with Crippen LogP contribution in [0.3, 0.4) is 0 Å². The van der Waals surface area contributed by atoms with E-state index in [9.17, 15) is 4.79 Å². The van der Waals surface area contributed by atoms with Crippen LogP contribution in [0.4, 0.5) is 4.79 Å². The van der Waals surface area contributed by atoms with Gasteiger partial charge in [0.2, 0.25) is 0 Å². The molecule has 0 radical (unpaired) electrons. The molecule has 0 spiro atoms. The molecule has 1 fully saturated rings. The number of nitrogens with zero attached hydrogens (tertiary/aromatic N) is 1. The summed E-state index contributed by atoms with van der Waals surface area (Å²) in [5, 5.41) is 2.88. The molecule has 1 heterocycles. The van der Waals surface area contributed by atoms with Crippen LogP contribution in [0.25, 0.3) is 0 Å². The molecule has 0 aromatic carbocycles. The maximum absolute atomic E-state index is 11.9. The van der Waals surface area contributed by atoms with Crippen molar-refractivity contribution in [3.63, 3.8) is 0 Å². The minimum absolute atomic E-state index is 0.0537. The molecule has 1 aliphatic rings. The lowest BCUT2D eigenvalue weighted by atomic mass is 10.1. The quantitative estimate of drug-likeness (QED) is 0.780. The number of nitrogens with one attached hydrogen (secondary N) is 1. The fraction of sp³-hybridized carbons (Fsp3) is 0.938. The largest absolute Gasteiger partial charge is 0.444 e. The Kier molecular flexibility index (Phi) is 7.59. The van der Waals surface area contributed by atoms with E-state index in [0.717, 1.165) is 26.0 Å². The van der Waals surface area contributed by atoms with Gasteiger partial charge in [0, 0.05) is 31.8 Å². The third-order valence-corrected chi connectivity index (χ3v) is 3.89. The van der Waals surface area contributed by atoms with E-state index < -0.39 is 11.7 Å². The highest BCUT2D eigenvalue weighted by Gasteiger charge is 2.26. The molecule has 1 amide bonds. The first kappa shape index (κ1) is 19.2. The number of likely N-dealkylation sites (N-methyl/N-ethyl adjacent to an activating group) is 1. The zero-order valence-electron chi connectivity index (χ0n) is 14.7. The summed E-state index contributed by atoms with van der Waals surface area (Å²) in [6.45, 7) is 9.66. The average Bonchev–Trinajstić information content (AvgIpc) is 2.38. The molecule has 3 atom stereocenters. The van der Waals surface area contributed by atoms with Gasteiger partial charge in [-0.1, -0.05) is 0 Å². The maximum atomic E-state index is 11.9. The fourth-order valence-corrected chi connectivity index (χ4v) is 2.76. The number of nitrogens with two attached hydrogens (primary N) is 1. The smallest absolute Gasteiger partial charge is 0.407 e. The van der Waals surface area contributed by atoms with Gasteiger partial charge in [-0.3, -0.25) is 4.90 Å². The zero-order valence-corrected chi connectivity index (χ0v) is 14.7. The van der Waals surface area contributed by atoms with Crippen LogP contribution in [0.2, 0.25) is 0 Å². The number of ether oxygens (including phenoxy) is 2. The van der Waals surface area contributed by atoms with E-state index in [-0.39, 0.29) is 18.2 Å². The van der Waals surface area contributed by atoms with Crippen molar-refractivity contribution in [2.24, 2.45) is 5.73 Å². The van der Waals surface area contributed by atoms with Crippen LogP contribution in [-0.2, 0) is 9.47 Å². The number of amides is 1. The van der Waals surface area contributed by atoms with Crippen LogP contribution >= 0.6 is 0 Å². The van der Waals surface area contributed by atoms with Gasteiger partial charge in [-0.25, -0.2) is 4.79 Å². The van der Waals surface area contributed by atoms with Gasteiger partial charge in [0.05, 0.1) is 6.10 Å². The number of rotatable bonds is 6. The summed E-state index contributed by atoms with van der Waals surface area (Å²) in [6.07, 6.45) is 3.33. The Morgan fingerprint density at radius 3 is 2.64 bits per heavy atom. The molecule has 0 saturated carbocycles. The molecule has 130 valence electrons. The van der Waals surface area contributed by atoms with Crippen molar-refractivity contribution < 1.29 is 14.3 Å². The van der Waals surface area contributed by atoms with Gasteiger partial charge in [-0.2, -0.15) is 0 Å². The summed E-state index contributed by atoms with van der Waals surface area (Å²) in [7, 11) is 2.03. The highest BCUT2D eigenvalue weighted by molar-refractivity contribution is 5.68. The first-order chi connectivity index (χ1) is 10.2. The van der Waals surface area contributed by atoms with Crippen molar-refractivity contribution in [2.75, 3.05) is 26.7 Å². The van der Waals surface area contributed by atoms with Crippen molar-refractivity contribution in [1.29, 1.82) is 0 Å². The van der Waals surface area contributed by atoms with Gasteiger partial charge in [0.1, 0.15) is 5.60 Å². The monoisotopic (exact) mass is 315 g/mol. The molecule has 1 rings (SSSR count). The number of alkyl carbamates (subject to hydrolysis) is 1. The van der Waals surface area contributed by atoms with E-state index in [4.69, 9.17) is 15.2 Å². The Morgan fingerprint density at radius 1 is 1.45 bits per heavy atom. The molecule has 6 nitrogen and oxygen atoms in total. The lowest BCUT2D eigenvalue weighted by Crippen LogP contribution is -2.54. The van der Waals surface area contributed by atoms with Crippen LogP contribution in [-0.4, -0.2) is 61.5 Å². The standard InChI is InChI=1S/C16H33N3O3/c1-12(18-15(20)22-16(2,3)4)14(10-17)19(5)11-13-8-6-7-9-21-13/h12-14H,6-11,17H2,1-5H3,(H,18,20). The molecule has 0 aromatic heterocycles. The molecule has 0 aliphatic carbocycles. The summed E-state index contributed by atoms with van der Waals surface area (Å²) in [6, 6.07) is -0.0357. The van der Waals surface area contributed by atoms with Gasteiger partial charge < -0.3 is 20.5 Å². The van der Waals surface area contributed by atoms with Gasteiger partial charge in [-0.15, -0.1) is 0 Å². The number of carbonyl (C=O) groups excluding carboxylic acids is 1. The molecule has 3 unspecified atom stereocenters. The summed E-state index contributed by atoms with van der Waals surface area (Å²) in [4.78, 5) is 14.1. The predicted molar refractivity (Wildman–Crippen MR) is 87.9 cm³/mol. The molecular formula is C16H33N3O3. The molecule has 1 aliphatic heterocycles. The van der Waals surface area contributed by atoms with Crippen molar-refractivity contribution in [3.8, 4) is 0 Å². The third kappa shape index (κ3) is 6.94. The maximum Gasteiger partial charge on any atom is 0.407 e. The zero-order chi connectivity index (χ0) is 16.8. The SMILES string of the molecule is CC(NC(=O)OC(C)(C)C)C(CN)N(C)CC1CCCCO1. The molecule has 0 aromatic rings. The van der Waals surface area contributed by atoms with Crippen LogP contribution in [0, 0.1) is 0 Å². The second-order valence-corrected chi connectivity index (χ2v) is 7.17. The van der Waals surface area contributed by atoms with Gasteiger partial charge >= 0.3 is 6.09 Å². The molecular weight excluding hydrogens is 282 g/mol. The third-order valence-electron chi connectivity index (χ3n) is 3.89. The van der Waals surface area contributed by atoms with Crippen LogP contribution in [0.1, 0.15) is 47.0 Å². The Morgan fingerprint density at radius 2 is 2.14 bits per heavy atom. The van der Waals surface area contributed by atoms with Gasteiger partial charge in [0.25, 0.3) is 0 Å². The number of carbonyl (C=O) groups is 1. The van der Waals surface area contributed by atoms with Crippen molar-refractivity contribution in [3.05, 3.63) is 0 Å². The average molecular weight is 315 g/mol. The second-order valence-electron chi connectivity index (χ2n) is 7.17. The van der Waals surface area contributed by atoms with Gasteiger partial charge in [0.15, 0.2) is 0 Å². The summed E-state index contributed by atoms with van der Waals surface area (Å²) >= 11 is 0. The Labute approximate surface area is 134 Å². The first-order valence-electron chi connectivity index (χ1n) is 8.24. The topological polar surface area (TPSA) is 76.8 Å². The van der Waals surface area contributed by atoms with Crippen LogP contribution < -0.4 is 11.1 Å².